The summed E-state index contributed by atoms with van der Waals surface area (Å²) < 4.78 is 0. The number of carbonyl (C=O) groups is 1. The zero-order valence-corrected chi connectivity index (χ0v) is 16.7. The minimum Gasteiger partial charge on any atom is -0.355 e. The fraction of sp³-hybridized carbons (Fsp3) is 0.867. The van der Waals surface area contributed by atoms with E-state index in [1.165, 1.54) is 6.42 Å². The summed E-state index contributed by atoms with van der Waals surface area (Å²) in [5, 5.41) is 9.44. The maximum Gasteiger partial charge on any atom is 0.222 e. The van der Waals surface area contributed by atoms with Crippen molar-refractivity contribution in [1.82, 2.24) is 16.0 Å². The first-order chi connectivity index (χ1) is 9.36. The number of aliphatic imine (C=N–C) groups is 1. The Bertz CT molecular complexity index is 306. The van der Waals surface area contributed by atoms with Gasteiger partial charge in [-0.15, -0.1) is 24.0 Å². The summed E-state index contributed by atoms with van der Waals surface area (Å²) in [6.07, 6.45) is 2.33. The van der Waals surface area contributed by atoms with Crippen LogP contribution in [0.25, 0.3) is 0 Å². The molecule has 0 aliphatic heterocycles. The quantitative estimate of drug-likeness (QED) is 0.248. The molecule has 0 aromatic rings. The lowest BCUT2D eigenvalue weighted by molar-refractivity contribution is -0.123. The van der Waals surface area contributed by atoms with E-state index in [0.29, 0.717) is 19.1 Å². The van der Waals surface area contributed by atoms with Gasteiger partial charge >= 0.3 is 0 Å². The van der Waals surface area contributed by atoms with Gasteiger partial charge in [0.1, 0.15) is 0 Å². The standard InChI is InChI=1S/C15H32N4O.HI/c1-11(2)7-8-13(5)19-15(16-6)18-10-9-17-14(20)12(3)4;/h11-13H,7-10H2,1-6H3,(H,17,20)(H2,16,18,19);1H. The van der Waals surface area contributed by atoms with E-state index in [1.807, 2.05) is 13.8 Å². The van der Waals surface area contributed by atoms with Gasteiger partial charge in [0.05, 0.1) is 0 Å². The minimum absolute atomic E-state index is 0. The smallest absolute Gasteiger partial charge is 0.222 e. The second-order valence-corrected chi connectivity index (χ2v) is 5.96. The number of hydrogen-bond acceptors (Lipinski definition) is 2. The summed E-state index contributed by atoms with van der Waals surface area (Å²) in [4.78, 5) is 15.6. The van der Waals surface area contributed by atoms with E-state index in [1.54, 1.807) is 7.05 Å². The maximum absolute atomic E-state index is 11.4. The van der Waals surface area contributed by atoms with Crippen molar-refractivity contribution in [2.75, 3.05) is 20.1 Å². The Morgan fingerprint density at radius 1 is 1.00 bits per heavy atom. The van der Waals surface area contributed by atoms with Crippen LogP contribution in [0.4, 0.5) is 0 Å². The molecular formula is C15H33IN4O. The molecule has 0 aromatic heterocycles. The SMILES string of the molecule is CN=C(NCCNC(=O)C(C)C)NC(C)CCC(C)C.I. The van der Waals surface area contributed by atoms with Crippen LogP contribution in [-0.4, -0.2) is 38.0 Å². The van der Waals surface area contributed by atoms with Crippen LogP contribution in [-0.2, 0) is 4.79 Å². The van der Waals surface area contributed by atoms with Gasteiger partial charge in [0.2, 0.25) is 5.91 Å². The van der Waals surface area contributed by atoms with Crippen LogP contribution < -0.4 is 16.0 Å². The predicted molar refractivity (Wildman–Crippen MR) is 101 cm³/mol. The number of carbonyl (C=O) groups excluding carboxylic acids is 1. The number of hydrogen-bond donors (Lipinski definition) is 3. The van der Waals surface area contributed by atoms with Crippen molar-refractivity contribution in [3.63, 3.8) is 0 Å². The van der Waals surface area contributed by atoms with Crippen molar-refractivity contribution in [1.29, 1.82) is 0 Å². The monoisotopic (exact) mass is 412 g/mol. The van der Waals surface area contributed by atoms with Crippen LogP contribution in [0.5, 0.6) is 0 Å². The molecule has 0 fully saturated rings. The molecule has 0 saturated heterocycles. The van der Waals surface area contributed by atoms with Gasteiger partial charge in [0.25, 0.3) is 0 Å². The number of guanidine groups is 1. The van der Waals surface area contributed by atoms with Crippen LogP contribution in [0.3, 0.4) is 0 Å². The van der Waals surface area contributed by atoms with Gasteiger partial charge in [-0.05, 0) is 25.7 Å². The van der Waals surface area contributed by atoms with Crippen molar-refractivity contribution in [2.45, 2.75) is 53.5 Å². The molecule has 0 aliphatic carbocycles. The summed E-state index contributed by atoms with van der Waals surface area (Å²) in [6.45, 7) is 11.7. The van der Waals surface area contributed by atoms with E-state index < -0.39 is 0 Å². The van der Waals surface area contributed by atoms with Crippen LogP contribution in [0, 0.1) is 11.8 Å². The highest BCUT2D eigenvalue weighted by Gasteiger charge is 2.07. The van der Waals surface area contributed by atoms with E-state index in [4.69, 9.17) is 0 Å². The van der Waals surface area contributed by atoms with Crippen molar-refractivity contribution in [3.05, 3.63) is 0 Å². The van der Waals surface area contributed by atoms with E-state index in [2.05, 4.69) is 41.7 Å². The van der Waals surface area contributed by atoms with Crippen LogP contribution >= 0.6 is 24.0 Å². The van der Waals surface area contributed by atoms with Gasteiger partial charge in [-0.25, -0.2) is 0 Å². The fourth-order valence-corrected chi connectivity index (χ4v) is 1.65. The molecule has 21 heavy (non-hydrogen) atoms. The zero-order chi connectivity index (χ0) is 15.5. The second-order valence-electron chi connectivity index (χ2n) is 5.96. The van der Waals surface area contributed by atoms with Crippen LogP contribution in [0.15, 0.2) is 4.99 Å². The lowest BCUT2D eigenvalue weighted by Gasteiger charge is -2.19. The van der Waals surface area contributed by atoms with Gasteiger partial charge < -0.3 is 16.0 Å². The molecule has 0 bridgehead atoms. The van der Waals surface area contributed by atoms with Crippen molar-refractivity contribution in [2.24, 2.45) is 16.8 Å². The van der Waals surface area contributed by atoms with Crippen molar-refractivity contribution < 1.29 is 4.79 Å². The molecule has 0 saturated carbocycles. The van der Waals surface area contributed by atoms with E-state index in [9.17, 15) is 4.79 Å². The second kappa shape index (κ2) is 13.2. The minimum atomic E-state index is 0. The highest BCUT2D eigenvalue weighted by atomic mass is 127. The molecule has 0 spiro atoms. The lowest BCUT2D eigenvalue weighted by Crippen LogP contribution is -2.45. The third-order valence-electron chi connectivity index (χ3n) is 3.02. The van der Waals surface area contributed by atoms with Gasteiger partial charge in [-0.2, -0.15) is 0 Å². The van der Waals surface area contributed by atoms with Crippen LogP contribution in [0.2, 0.25) is 0 Å². The number of halogens is 1. The largest absolute Gasteiger partial charge is 0.355 e. The Morgan fingerprint density at radius 2 is 1.57 bits per heavy atom. The Kier molecular flexibility index (Phi) is 14.2. The molecule has 0 rings (SSSR count). The van der Waals surface area contributed by atoms with E-state index in [-0.39, 0.29) is 35.8 Å². The number of rotatable bonds is 8. The van der Waals surface area contributed by atoms with Gasteiger partial charge in [-0.3, -0.25) is 9.79 Å². The van der Waals surface area contributed by atoms with Crippen molar-refractivity contribution >= 4 is 35.8 Å². The molecule has 5 nitrogen and oxygen atoms in total. The summed E-state index contributed by atoms with van der Waals surface area (Å²) in [5.74, 6) is 1.63. The first-order valence-electron chi connectivity index (χ1n) is 7.61. The van der Waals surface area contributed by atoms with Gasteiger partial charge in [0.15, 0.2) is 5.96 Å². The molecule has 0 aromatic carbocycles. The summed E-state index contributed by atoms with van der Waals surface area (Å²) in [6, 6.07) is 0.397. The maximum atomic E-state index is 11.4. The van der Waals surface area contributed by atoms with E-state index in [0.717, 1.165) is 18.3 Å². The van der Waals surface area contributed by atoms with Crippen molar-refractivity contribution in [3.8, 4) is 0 Å². The third kappa shape index (κ3) is 12.9. The van der Waals surface area contributed by atoms with Crippen LogP contribution in [0.1, 0.15) is 47.5 Å². The normalized spacial score (nSPS) is 12.9. The average molecular weight is 412 g/mol. The first-order valence-corrected chi connectivity index (χ1v) is 7.61. The molecule has 1 amide bonds. The topological polar surface area (TPSA) is 65.5 Å². The Balaban J connectivity index is 0. The fourth-order valence-electron chi connectivity index (χ4n) is 1.65. The Morgan fingerprint density at radius 3 is 2.05 bits per heavy atom. The number of nitrogens with one attached hydrogen (secondary N) is 3. The molecule has 0 aliphatic rings. The molecular weight excluding hydrogens is 379 g/mol. The molecule has 0 heterocycles. The summed E-state index contributed by atoms with van der Waals surface area (Å²) >= 11 is 0. The highest BCUT2D eigenvalue weighted by Crippen LogP contribution is 2.06. The molecule has 1 unspecified atom stereocenters. The third-order valence-corrected chi connectivity index (χ3v) is 3.02. The number of nitrogens with zero attached hydrogens (tertiary/aromatic N) is 1. The predicted octanol–water partition coefficient (Wildman–Crippen LogP) is 2.37. The number of amides is 1. The highest BCUT2D eigenvalue weighted by molar-refractivity contribution is 14.0. The molecule has 126 valence electrons. The van der Waals surface area contributed by atoms with E-state index >= 15 is 0 Å². The molecule has 6 heteroatoms. The Labute approximate surface area is 147 Å². The summed E-state index contributed by atoms with van der Waals surface area (Å²) in [5.41, 5.74) is 0. The lowest BCUT2D eigenvalue weighted by atomic mass is 10.0. The first kappa shape index (κ1) is 22.7. The zero-order valence-electron chi connectivity index (χ0n) is 14.3. The molecule has 3 N–H and O–H groups in total. The average Bonchev–Trinajstić information content (AvgIpc) is 2.39. The Hall–Kier alpha value is -0.530. The van der Waals surface area contributed by atoms with Gasteiger partial charge in [0, 0.05) is 32.1 Å². The molecule has 1 atom stereocenters. The summed E-state index contributed by atoms with van der Waals surface area (Å²) in [7, 11) is 1.76. The van der Waals surface area contributed by atoms with Gasteiger partial charge in [-0.1, -0.05) is 27.7 Å². The molecule has 0 radical (unpaired) electrons.